The van der Waals surface area contributed by atoms with E-state index in [0.29, 0.717) is 32.2 Å². The SMILES string of the molecule is CC(C)C[C@@H](N)C(=O)N[C@H](Cc1ccccc1)C(=O)N[C@H](CCCCN)C(=O)N[C@@H](C(=O)N[C@H](CC(C)C)C(N)=O)C(C)C. The second-order valence-electron chi connectivity index (χ2n) is 12.7. The Labute approximate surface area is 262 Å². The molecular formula is C32H55N7O5. The zero-order valence-electron chi connectivity index (χ0n) is 27.2. The molecule has 0 unspecified atom stereocenters. The molecule has 0 heterocycles. The van der Waals surface area contributed by atoms with Gasteiger partial charge in [0.25, 0.3) is 0 Å². The van der Waals surface area contributed by atoms with Crippen LogP contribution in [0.3, 0.4) is 0 Å². The summed E-state index contributed by atoms with van der Waals surface area (Å²) in [6.45, 7) is 11.7. The Morgan fingerprint density at radius 3 is 1.75 bits per heavy atom. The van der Waals surface area contributed by atoms with E-state index in [2.05, 4.69) is 21.3 Å². The summed E-state index contributed by atoms with van der Waals surface area (Å²) >= 11 is 0. The van der Waals surface area contributed by atoms with Crippen LogP contribution in [0.15, 0.2) is 30.3 Å². The van der Waals surface area contributed by atoms with Crippen LogP contribution >= 0.6 is 0 Å². The fraction of sp³-hybridized carbons (Fsp3) is 0.656. The molecule has 0 saturated carbocycles. The highest BCUT2D eigenvalue weighted by Gasteiger charge is 2.33. The maximum Gasteiger partial charge on any atom is 0.243 e. The van der Waals surface area contributed by atoms with E-state index in [9.17, 15) is 24.0 Å². The van der Waals surface area contributed by atoms with E-state index in [1.54, 1.807) is 13.8 Å². The van der Waals surface area contributed by atoms with Crippen molar-refractivity contribution in [2.24, 2.45) is 35.0 Å². The number of primary amides is 1. The summed E-state index contributed by atoms with van der Waals surface area (Å²) < 4.78 is 0. The number of hydrogen-bond donors (Lipinski definition) is 7. The lowest BCUT2D eigenvalue weighted by Gasteiger charge is -2.28. The number of carbonyl (C=O) groups excluding carboxylic acids is 5. The number of benzene rings is 1. The Kier molecular flexibility index (Phi) is 17.2. The predicted octanol–water partition coefficient (Wildman–Crippen LogP) is 0.858. The van der Waals surface area contributed by atoms with Crippen LogP contribution in [-0.4, -0.2) is 66.3 Å². The molecule has 0 aliphatic rings. The molecule has 44 heavy (non-hydrogen) atoms. The first kappa shape index (κ1) is 38.5. The molecule has 0 aliphatic carbocycles. The summed E-state index contributed by atoms with van der Waals surface area (Å²) in [7, 11) is 0. The smallest absolute Gasteiger partial charge is 0.243 e. The van der Waals surface area contributed by atoms with E-state index in [-0.39, 0.29) is 30.6 Å². The molecule has 0 bridgehead atoms. The lowest BCUT2D eigenvalue weighted by molar-refractivity contribution is -0.135. The standard InChI is InChI=1S/C32H55N7O5/c1-19(2)16-23(34)29(41)38-26(18-22-12-8-7-9-13-22)31(43)36-24(14-10-11-15-33)30(42)39-27(21(5)6)32(44)37-25(28(35)40)17-20(3)4/h7-9,12-13,19-21,23-27H,10-11,14-18,33-34H2,1-6H3,(H2,35,40)(H,36,43)(H,37,44)(H,38,41)(H,39,42)/t23-,24-,25-,26-,27-/m1/s1. The highest BCUT2D eigenvalue weighted by molar-refractivity contribution is 5.95. The normalized spacial score (nSPS) is 14.8. The molecule has 12 nitrogen and oxygen atoms in total. The number of nitrogens with one attached hydrogen (secondary N) is 4. The molecule has 0 radical (unpaired) electrons. The first-order valence-corrected chi connectivity index (χ1v) is 15.7. The van der Waals surface area contributed by atoms with E-state index < -0.39 is 59.7 Å². The Hall–Kier alpha value is -3.51. The zero-order chi connectivity index (χ0) is 33.4. The topological polar surface area (TPSA) is 212 Å². The average Bonchev–Trinajstić information content (AvgIpc) is 2.94. The third-order valence-electron chi connectivity index (χ3n) is 7.17. The van der Waals surface area contributed by atoms with Crippen LogP contribution in [0.4, 0.5) is 0 Å². The molecule has 0 saturated heterocycles. The molecule has 5 atom stereocenters. The van der Waals surface area contributed by atoms with Crippen molar-refractivity contribution >= 4 is 29.5 Å². The van der Waals surface area contributed by atoms with Gasteiger partial charge in [-0.05, 0) is 62.0 Å². The number of unbranched alkanes of at least 4 members (excludes halogenated alkanes) is 1. The van der Waals surface area contributed by atoms with Gasteiger partial charge in [-0.3, -0.25) is 24.0 Å². The van der Waals surface area contributed by atoms with Crippen LogP contribution < -0.4 is 38.5 Å². The molecule has 0 spiro atoms. The molecule has 1 aromatic rings. The minimum atomic E-state index is -1.01. The lowest BCUT2D eigenvalue weighted by Crippen LogP contribution is -2.60. The maximum atomic E-state index is 13.7. The van der Waals surface area contributed by atoms with E-state index in [1.165, 1.54) is 0 Å². The second kappa shape index (κ2) is 19.7. The predicted molar refractivity (Wildman–Crippen MR) is 172 cm³/mol. The van der Waals surface area contributed by atoms with Crippen LogP contribution in [0, 0.1) is 17.8 Å². The highest BCUT2D eigenvalue weighted by Crippen LogP contribution is 2.11. The van der Waals surface area contributed by atoms with E-state index in [0.717, 1.165) is 5.56 Å². The van der Waals surface area contributed by atoms with Crippen molar-refractivity contribution in [3.8, 4) is 0 Å². The van der Waals surface area contributed by atoms with Gasteiger partial charge in [-0.2, -0.15) is 0 Å². The van der Waals surface area contributed by atoms with Crippen molar-refractivity contribution in [1.29, 1.82) is 0 Å². The quantitative estimate of drug-likeness (QED) is 0.105. The number of amides is 5. The van der Waals surface area contributed by atoms with E-state index in [4.69, 9.17) is 17.2 Å². The molecule has 12 heteroatoms. The van der Waals surface area contributed by atoms with Gasteiger partial charge in [-0.25, -0.2) is 0 Å². The number of hydrogen-bond acceptors (Lipinski definition) is 7. The van der Waals surface area contributed by atoms with Crippen LogP contribution in [0.1, 0.15) is 79.2 Å². The summed E-state index contributed by atoms with van der Waals surface area (Å²) in [4.78, 5) is 65.3. The van der Waals surface area contributed by atoms with Gasteiger partial charge in [0.1, 0.15) is 24.2 Å². The van der Waals surface area contributed by atoms with E-state index >= 15 is 0 Å². The highest BCUT2D eigenvalue weighted by atomic mass is 16.2. The summed E-state index contributed by atoms with van der Waals surface area (Å²) in [5, 5.41) is 11.0. The van der Waals surface area contributed by atoms with Gasteiger partial charge in [-0.1, -0.05) is 71.9 Å². The van der Waals surface area contributed by atoms with Gasteiger partial charge < -0.3 is 38.5 Å². The van der Waals surface area contributed by atoms with Gasteiger partial charge in [-0.15, -0.1) is 0 Å². The van der Waals surface area contributed by atoms with Gasteiger partial charge in [0, 0.05) is 6.42 Å². The molecular weight excluding hydrogens is 562 g/mol. The summed E-state index contributed by atoms with van der Waals surface area (Å²) in [6.07, 6.45) is 2.41. The maximum absolute atomic E-state index is 13.7. The lowest BCUT2D eigenvalue weighted by atomic mass is 9.99. The summed E-state index contributed by atoms with van der Waals surface area (Å²) in [6, 6.07) is 4.53. The third kappa shape index (κ3) is 14.3. The number of nitrogens with two attached hydrogens (primary N) is 3. The summed E-state index contributed by atoms with van der Waals surface area (Å²) in [5.41, 5.74) is 18.1. The fourth-order valence-electron chi connectivity index (χ4n) is 4.75. The van der Waals surface area contributed by atoms with Crippen LogP contribution in [-0.2, 0) is 30.4 Å². The van der Waals surface area contributed by atoms with Crippen molar-refractivity contribution in [2.45, 2.75) is 110 Å². The molecule has 5 amide bonds. The first-order valence-electron chi connectivity index (χ1n) is 15.7. The van der Waals surface area contributed by atoms with Gasteiger partial charge in [0.2, 0.25) is 29.5 Å². The molecule has 0 fully saturated rings. The Balaban J connectivity index is 3.20. The van der Waals surface area contributed by atoms with Crippen molar-refractivity contribution in [1.82, 2.24) is 21.3 Å². The average molecular weight is 618 g/mol. The largest absolute Gasteiger partial charge is 0.368 e. The van der Waals surface area contributed by atoms with Crippen LogP contribution in [0.25, 0.3) is 0 Å². The molecule has 0 aromatic heterocycles. The Bertz CT molecular complexity index is 1060. The second-order valence-corrected chi connectivity index (χ2v) is 12.7. The molecule has 10 N–H and O–H groups in total. The zero-order valence-corrected chi connectivity index (χ0v) is 27.2. The van der Waals surface area contributed by atoms with Crippen LogP contribution in [0.5, 0.6) is 0 Å². The molecule has 248 valence electrons. The third-order valence-corrected chi connectivity index (χ3v) is 7.17. The molecule has 1 rings (SSSR count). The van der Waals surface area contributed by atoms with Crippen molar-refractivity contribution in [3.05, 3.63) is 35.9 Å². The van der Waals surface area contributed by atoms with Gasteiger partial charge >= 0.3 is 0 Å². The fourth-order valence-corrected chi connectivity index (χ4v) is 4.75. The van der Waals surface area contributed by atoms with Gasteiger partial charge in [0.05, 0.1) is 6.04 Å². The van der Waals surface area contributed by atoms with Gasteiger partial charge in [0.15, 0.2) is 0 Å². The van der Waals surface area contributed by atoms with E-state index in [1.807, 2.05) is 58.0 Å². The summed E-state index contributed by atoms with van der Waals surface area (Å²) in [5.74, 6) is -2.83. The van der Waals surface area contributed by atoms with Crippen molar-refractivity contribution < 1.29 is 24.0 Å². The minimum absolute atomic E-state index is 0.103. The van der Waals surface area contributed by atoms with Crippen LogP contribution in [0.2, 0.25) is 0 Å². The number of rotatable bonds is 20. The Morgan fingerprint density at radius 1 is 0.682 bits per heavy atom. The van der Waals surface area contributed by atoms with Crippen molar-refractivity contribution in [2.75, 3.05) is 6.54 Å². The molecule has 0 aliphatic heterocycles. The monoisotopic (exact) mass is 617 g/mol. The van der Waals surface area contributed by atoms with Crippen molar-refractivity contribution in [3.63, 3.8) is 0 Å². The number of carbonyl (C=O) groups is 5. The minimum Gasteiger partial charge on any atom is -0.368 e. The first-order chi connectivity index (χ1) is 20.7. The Morgan fingerprint density at radius 2 is 1.23 bits per heavy atom. The molecule has 1 aromatic carbocycles.